The van der Waals surface area contributed by atoms with E-state index < -0.39 is 0 Å². The molecule has 0 unspecified atom stereocenters. The number of benzene rings is 1. The Bertz CT molecular complexity index is 1050. The number of piperidine rings is 1. The third kappa shape index (κ3) is 6.88. The molecule has 5 rings (SSSR count). The summed E-state index contributed by atoms with van der Waals surface area (Å²) < 4.78 is 5.46. The van der Waals surface area contributed by atoms with E-state index >= 15 is 0 Å². The zero-order valence-electron chi connectivity index (χ0n) is 22.2. The van der Waals surface area contributed by atoms with Crippen LogP contribution >= 0.6 is 11.8 Å². The third-order valence-corrected chi connectivity index (χ3v) is 8.22. The van der Waals surface area contributed by atoms with Gasteiger partial charge in [-0.1, -0.05) is 11.8 Å². The Morgan fingerprint density at radius 3 is 2.37 bits per heavy atom. The maximum absolute atomic E-state index is 12.9. The molecule has 0 saturated carbocycles. The molecular weight excluding hydrogens is 502 g/mol. The van der Waals surface area contributed by atoms with Gasteiger partial charge in [0.15, 0.2) is 5.16 Å². The van der Waals surface area contributed by atoms with Crippen molar-refractivity contribution in [3.05, 3.63) is 30.3 Å². The lowest BCUT2D eigenvalue weighted by Gasteiger charge is -2.37. The highest BCUT2D eigenvalue weighted by Crippen LogP contribution is 2.26. The van der Waals surface area contributed by atoms with Gasteiger partial charge in [0.2, 0.25) is 5.91 Å². The van der Waals surface area contributed by atoms with E-state index in [-0.39, 0.29) is 12.5 Å². The molecule has 2 aromatic rings. The quantitative estimate of drug-likeness (QED) is 0.382. The van der Waals surface area contributed by atoms with E-state index in [1.807, 2.05) is 17.2 Å². The van der Waals surface area contributed by atoms with Crippen molar-refractivity contribution in [3.8, 4) is 0 Å². The van der Waals surface area contributed by atoms with Gasteiger partial charge in [0, 0.05) is 63.3 Å². The SMILES string of the molecule is CSc1nc(Nc2ccc(N3CCOCC3)cc2)cc(N2CCN(C(=O)CN3CCC(CO)CC3)CC2)n1. The van der Waals surface area contributed by atoms with Crippen molar-refractivity contribution < 1.29 is 14.6 Å². The zero-order chi connectivity index (χ0) is 26.3. The van der Waals surface area contributed by atoms with Crippen LogP contribution in [0.2, 0.25) is 0 Å². The van der Waals surface area contributed by atoms with Gasteiger partial charge in [-0.25, -0.2) is 9.97 Å². The van der Waals surface area contributed by atoms with Crippen LogP contribution in [-0.2, 0) is 9.53 Å². The Kier molecular flexibility index (Phi) is 9.21. The number of amides is 1. The lowest BCUT2D eigenvalue weighted by atomic mass is 9.98. The maximum atomic E-state index is 12.9. The first-order valence-corrected chi connectivity index (χ1v) is 14.8. The normalized spacial score (nSPS) is 19.6. The summed E-state index contributed by atoms with van der Waals surface area (Å²) in [7, 11) is 0. The minimum atomic E-state index is 0.197. The summed E-state index contributed by atoms with van der Waals surface area (Å²) in [6.45, 7) is 8.76. The molecule has 38 heavy (non-hydrogen) atoms. The van der Waals surface area contributed by atoms with Crippen molar-refractivity contribution in [2.24, 2.45) is 5.92 Å². The molecule has 3 saturated heterocycles. The highest BCUT2D eigenvalue weighted by atomic mass is 32.2. The summed E-state index contributed by atoms with van der Waals surface area (Å²) in [4.78, 5) is 31.1. The average Bonchev–Trinajstić information content (AvgIpc) is 2.98. The van der Waals surface area contributed by atoms with E-state index in [4.69, 9.17) is 9.72 Å². The summed E-state index contributed by atoms with van der Waals surface area (Å²) in [6.07, 6.45) is 3.93. The summed E-state index contributed by atoms with van der Waals surface area (Å²) in [5.74, 6) is 2.23. The number of nitrogens with zero attached hydrogens (tertiary/aromatic N) is 6. The molecule has 0 spiro atoms. The van der Waals surface area contributed by atoms with Crippen LogP contribution in [0.25, 0.3) is 0 Å². The molecule has 1 amide bonds. The van der Waals surface area contributed by atoms with Crippen molar-refractivity contribution in [1.82, 2.24) is 19.8 Å². The second-order valence-corrected chi connectivity index (χ2v) is 10.9. The molecule has 0 bridgehead atoms. The highest BCUT2D eigenvalue weighted by molar-refractivity contribution is 7.98. The van der Waals surface area contributed by atoms with Crippen LogP contribution in [0.1, 0.15) is 12.8 Å². The van der Waals surface area contributed by atoms with E-state index in [1.165, 1.54) is 17.4 Å². The average molecular weight is 542 g/mol. The van der Waals surface area contributed by atoms with Crippen molar-refractivity contribution in [2.75, 3.05) is 100 Å². The van der Waals surface area contributed by atoms with Crippen LogP contribution < -0.4 is 15.1 Å². The minimum Gasteiger partial charge on any atom is -0.396 e. The standard InChI is InChI=1S/C27H39N7O3S/c1-38-27-29-24(28-22-2-4-23(5-3-22)32-14-16-37-17-15-32)18-25(30-27)33-10-12-34(13-11-33)26(36)19-31-8-6-21(20-35)7-9-31/h2-5,18,21,35H,6-17,19-20H2,1H3,(H,28,29,30). The van der Waals surface area contributed by atoms with E-state index in [0.29, 0.717) is 25.6 Å². The number of piperazine rings is 1. The van der Waals surface area contributed by atoms with Crippen molar-refractivity contribution in [2.45, 2.75) is 18.0 Å². The van der Waals surface area contributed by atoms with Gasteiger partial charge in [-0.15, -0.1) is 0 Å². The van der Waals surface area contributed by atoms with Crippen LogP contribution in [0.4, 0.5) is 23.0 Å². The predicted molar refractivity (Wildman–Crippen MR) is 152 cm³/mol. The number of carbonyl (C=O) groups is 1. The molecule has 3 aliphatic rings. The fourth-order valence-corrected chi connectivity index (χ4v) is 5.63. The number of carbonyl (C=O) groups excluding carboxylic acids is 1. The Labute approximate surface area is 229 Å². The summed E-state index contributed by atoms with van der Waals surface area (Å²) in [5, 5.41) is 13.5. The predicted octanol–water partition coefficient (Wildman–Crippen LogP) is 2.13. The Morgan fingerprint density at radius 2 is 1.71 bits per heavy atom. The smallest absolute Gasteiger partial charge is 0.236 e. The number of rotatable bonds is 8. The largest absolute Gasteiger partial charge is 0.396 e. The molecule has 10 nitrogen and oxygen atoms in total. The van der Waals surface area contributed by atoms with E-state index in [2.05, 4.69) is 49.3 Å². The molecule has 0 aliphatic carbocycles. The number of hydrogen-bond donors (Lipinski definition) is 2. The highest BCUT2D eigenvalue weighted by Gasteiger charge is 2.26. The molecule has 0 radical (unpaired) electrons. The molecular formula is C27H39N7O3S. The van der Waals surface area contributed by atoms with Gasteiger partial charge in [-0.2, -0.15) is 0 Å². The summed E-state index contributed by atoms with van der Waals surface area (Å²) >= 11 is 1.53. The monoisotopic (exact) mass is 541 g/mol. The second-order valence-electron chi connectivity index (χ2n) is 10.1. The molecule has 11 heteroatoms. The summed E-state index contributed by atoms with van der Waals surface area (Å²) in [6, 6.07) is 10.4. The fourth-order valence-electron chi connectivity index (χ4n) is 5.26. The van der Waals surface area contributed by atoms with Gasteiger partial charge in [-0.3, -0.25) is 9.69 Å². The minimum absolute atomic E-state index is 0.197. The number of likely N-dealkylation sites (tertiary alicyclic amines) is 1. The molecule has 2 N–H and O–H groups in total. The Morgan fingerprint density at radius 1 is 1.00 bits per heavy atom. The van der Waals surface area contributed by atoms with Gasteiger partial charge < -0.3 is 29.9 Å². The molecule has 206 valence electrons. The van der Waals surface area contributed by atoms with Crippen LogP contribution in [0.3, 0.4) is 0 Å². The van der Waals surface area contributed by atoms with E-state index in [1.54, 1.807) is 0 Å². The van der Waals surface area contributed by atoms with Gasteiger partial charge in [0.25, 0.3) is 0 Å². The fraction of sp³-hybridized carbons (Fsp3) is 0.593. The number of nitrogens with one attached hydrogen (secondary N) is 1. The van der Waals surface area contributed by atoms with Crippen LogP contribution in [-0.4, -0.2) is 116 Å². The van der Waals surface area contributed by atoms with Gasteiger partial charge in [-0.05, 0) is 62.4 Å². The van der Waals surface area contributed by atoms with Gasteiger partial charge >= 0.3 is 0 Å². The van der Waals surface area contributed by atoms with E-state index in [9.17, 15) is 9.90 Å². The Balaban J connectivity index is 1.16. The third-order valence-electron chi connectivity index (χ3n) is 7.67. The zero-order valence-corrected chi connectivity index (χ0v) is 23.0. The molecule has 3 aliphatic heterocycles. The first-order valence-electron chi connectivity index (χ1n) is 13.6. The number of hydrogen-bond acceptors (Lipinski definition) is 10. The lowest BCUT2D eigenvalue weighted by molar-refractivity contribution is -0.133. The molecule has 3 fully saturated rings. The lowest BCUT2D eigenvalue weighted by Crippen LogP contribution is -2.52. The number of thioether (sulfide) groups is 1. The first-order chi connectivity index (χ1) is 18.6. The number of aliphatic hydroxyl groups excluding tert-OH is 1. The topological polar surface area (TPSA) is 97.3 Å². The van der Waals surface area contributed by atoms with Crippen molar-refractivity contribution in [1.29, 1.82) is 0 Å². The van der Waals surface area contributed by atoms with Gasteiger partial charge in [0.1, 0.15) is 11.6 Å². The number of anilines is 4. The van der Waals surface area contributed by atoms with Crippen LogP contribution in [0, 0.1) is 5.92 Å². The Hall–Kier alpha value is -2.60. The number of aliphatic hydroxyl groups is 1. The van der Waals surface area contributed by atoms with Crippen molar-refractivity contribution >= 4 is 40.7 Å². The molecule has 4 heterocycles. The van der Waals surface area contributed by atoms with Crippen LogP contribution in [0.5, 0.6) is 0 Å². The summed E-state index contributed by atoms with van der Waals surface area (Å²) in [5.41, 5.74) is 2.19. The number of morpholine rings is 1. The molecule has 1 aromatic heterocycles. The van der Waals surface area contributed by atoms with Crippen LogP contribution in [0.15, 0.2) is 35.5 Å². The molecule has 1 aromatic carbocycles. The van der Waals surface area contributed by atoms with Crippen molar-refractivity contribution in [3.63, 3.8) is 0 Å². The number of ether oxygens (including phenoxy) is 1. The second kappa shape index (κ2) is 13.0. The maximum Gasteiger partial charge on any atom is 0.236 e. The van der Waals surface area contributed by atoms with E-state index in [0.717, 1.165) is 87.8 Å². The molecule has 0 atom stereocenters. The number of aromatic nitrogens is 2. The first kappa shape index (κ1) is 27.0. The van der Waals surface area contributed by atoms with Gasteiger partial charge in [0.05, 0.1) is 19.8 Å².